The monoisotopic (exact) mass is 570 g/mol. The van der Waals surface area contributed by atoms with Crippen molar-refractivity contribution in [3.63, 3.8) is 0 Å². The summed E-state index contributed by atoms with van der Waals surface area (Å²) >= 11 is 1.11. The Hall–Kier alpha value is -2.57. The molecule has 0 radical (unpaired) electrons. The van der Waals surface area contributed by atoms with Crippen molar-refractivity contribution in [1.29, 1.82) is 0 Å². The summed E-state index contributed by atoms with van der Waals surface area (Å²) in [5.74, 6) is 5.90. The second-order valence-corrected chi connectivity index (χ2v) is 14.1. The van der Waals surface area contributed by atoms with Crippen LogP contribution in [0.25, 0.3) is 0 Å². The van der Waals surface area contributed by atoms with Crippen LogP contribution in [0.4, 0.5) is 10.5 Å². The van der Waals surface area contributed by atoms with E-state index in [4.69, 9.17) is 9.47 Å². The van der Waals surface area contributed by atoms with Crippen molar-refractivity contribution in [3.8, 4) is 11.8 Å². The minimum Gasteiger partial charge on any atom is -0.477 e. The summed E-state index contributed by atoms with van der Waals surface area (Å²) < 4.78 is 11.8. The molecule has 0 aromatic carbocycles. The molecular formula is C31H42N2O6S. The van der Waals surface area contributed by atoms with Crippen molar-refractivity contribution < 1.29 is 29.0 Å². The number of nitrogens with zero attached hydrogens (tertiary/aromatic N) is 2. The summed E-state index contributed by atoms with van der Waals surface area (Å²) in [6.45, 7) is 9.44. The third-order valence-electron chi connectivity index (χ3n) is 8.82. The molecule has 218 valence electrons. The van der Waals surface area contributed by atoms with Crippen molar-refractivity contribution in [1.82, 2.24) is 4.90 Å². The van der Waals surface area contributed by atoms with Crippen molar-refractivity contribution in [2.45, 2.75) is 97.3 Å². The molecule has 0 spiro atoms. The lowest BCUT2D eigenvalue weighted by Gasteiger charge is -2.34. The van der Waals surface area contributed by atoms with Crippen LogP contribution in [-0.4, -0.2) is 65.9 Å². The van der Waals surface area contributed by atoms with Crippen LogP contribution in [0.1, 0.15) is 93.6 Å². The van der Waals surface area contributed by atoms with Gasteiger partial charge in [0.25, 0.3) is 0 Å². The zero-order chi connectivity index (χ0) is 28.6. The molecule has 40 heavy (non-hydrogen) atoms. The molecule has 3 heterocycles. The quantitative estimate of drug-likeness (QED) is 0.451. The number of carbonyl (C=O) groups excluding carboxylic acids is 2. The third-order valence-corrected chi connectivity index (χ3v) is 9.85. The number of ether oxygens (including phenoxy) is 2. The molecule has 2 amide bonds. The minimum atomic E-state index is -1.07. The van der Waals surface area contributed by atoms with Gasteiger partial charge < -0.3 is 24.4 Å². The average Bonchev–Trinajstić information content (AvgIpc) is 3.69. The molecule has 2 saturated heterocycles. The van der Waals surface area contributed by atoms with E-state index in [0.717, 1.165) is 56.3 Å². The van der Waals surface area contributed by atoms with Gasteiger partial charge in [0.1, 0.15) is 11.0 Å². The second-order valence-electron chi connectivity index (χ2n) is 13.1. The van der Waals surface area contributed by atoms with Crippen LogP contribution in [0.15, 0.2) is 6.07 Å². The number of fused-ring (bicyclic) bond motifs is 1. The molecule has 0 unspecified atom stereocenters. The van der Waals surface area contributed by atoms with Crippen molar-refractivity contribution in [2.75, 3.05) is 24.6 Å². The molecule has 4 fully saturated rings. The van der Waals surface area contributed by atoms with Gasteiger partial charge >= 0.3 is 12.1 Å². The highest BCUT2D eigenvalue weighted by Gasteiger charge is 2.44. The van der Waals surface area contributed by atoms with E-state index >= 15 is 0 Å². The van der Waals surface area contributed by atoms with E-state index in [-0.39, 0.29) is 52.4 Å². The number of hydrogen-bond acceptors (Lipinski definition) is 6. The minimum absolute atomic E-state index is 0.0410. The zero-order valence-corrected chi connectivity index (χ0v) is 24.9. The number of amides is 2. The van der Waals surface area contributed by atoms with Crippen molar-refractivity contribution >= 4 is 35.0 Å². The van der Waals surface area contributed by atoms with Crippen LogP contribution in [-0.2, 0) is 14.3 Å². The first kappa shape index (κ1) is 28.9. The van der Waals surface area contributed by atoms with Crippen LogP contribution in [0, 0.1) is 35.0 Å². The number of anilines is 1. The molecule has 2 aliphatic carbocycles. The maximum Gasteiger partial charge on any atom is 0.410 e. The summed E-state index contributed by atoms with van der Waals surface area (Å²) in [5.41, 5.74) is 0.161. The summed E-state index contributed by atoms with van der Waals surface area (Å²) in [6.07, 6.45) is 6.86. The number of carboxylic acid groups (broad SMARTS) is 1. The van der Waals surface area contributed by atoms with E-state index in [2.05, 4.69) is 18.8 Å². The number of carbonyl (C=O) groups is 3. The molecular weight excluding hydrogens is 528 g/mol. The smallest absolute Gasteiger partial charge is 0.410 e. The molecule has 4 aliphatic rings. The average molecular weight is 571 g/mol. The summed E-state index contributed by atoms with van der Waals surface area (Å²) in [4.78, 5) is 43.8. The van der Waals surface area contributed by atoms with Crippen LogP contribution in [0.2, 0.25) is 0 Å². The summed E-state index contributed by atoms with van der Waals surface area (Å²) in [7, 11) is 0. The Kier molecular flexibility index (Phi) is 8.49. The fraction of sp³-hybridized carbons (Fsp3) is 0.710. The van der Waals surface area contributed by atoms with Gasteiger partial charge in [0.05, 0.1) is 29.3 Å². The lowest BCUT2D eigenvalue weighted by molar-refractivity contribution is -0.124. The second kappa shape index (κ2) is 11.7. The van der Waals surface area contributed by atoms with E-state index < -0.39 is 5.97 Å². The van der Waals surface area contributed by atoms with Gasteiger partial charge in [0, 0.05) is 30.3 Å². The van der Waals surface area contributed by atoms with E-state index in [1.807, 2.05) is 20.8 Å². The fourth-order valence-electron chi connectivity index (χ4n) is 6.60. The number of aromatic carboxylic acids is 1. The Morgan fingerprint density at radius 2 is 1.88 bits per heavy atom. The molecule has 5 rings (SSSR count). The maximum absolute atomic E-state index is 14.1. The first-order valence-electron chi connectivity index (χ1n) is 14.8. The topological polar surface area (TPSA) is 96.4 Å². The van der Waals surface area contributed by atoms with Gasteiger partial charge in [0.2, 0.25) is 5.91 Å². The standard InChI is InChI=1S/C31H42N2O6S/c1-19-8-10-20(11-9-19)28(34)33(24-16-22(12-14-31(2,3)4)40-27(24)29(35)36)21-13-15-32(17-21)30(37)39-26-18-38-25-7-5-6-23(25)26/h16,19-21,23,25-26H,5-11,13,15,17-18H2,1-4H3,(H,35,36)/t19?,20?,21-,23+,25-,26-/m0/s1. The Morgan fingerprint density at radius 1 is 1.12 bits per heavy atom. The molecule has 1 N–H and O–H groups in total. The first-order chi connectivity index (χ1) is 19.0. The van der Waals surface area contributed by atoms with Crippen LogP contribution < -0.4 is 4.90 Å². The molecule has 9 heteroatoms. The Balaban J connectivity index is 1.39. The Labute approximate surface area is 241 Å². The highest BCUT2D eigenvalue weighted by Crippen LogP contribution is 2.39. The van der Waals surface area contributed by atoms with Crippen LogP contribution in [0.3, 0.4) is 0 Å². The lowest BCUT2D eigenvalue weighted by atomic mass is 9.82. The largest absolute Gasteiger partial charge is 0.477 e. The molecule has 2 saturated carbocycles. The molecule has 1 aromatic heterocycles. The number of likely N-dealkylation sites (tertiary alicyclic amines) is 1. The van der Waals surface area contributed by atoms with E-state index in [1.54, 1.807) is 15.9 Å². The molecule has 1 aromatic rings. The van der Waals surface area contributed by atoms with E-state index in [9.17, 15) is 19.5 Å². The highest BCUT2D eigenvalue weighted by molar-refractivity contribution is 7.15. The molecule has 2 aliphatic heterocycles. The first-order valence-corrected chi connectivity index (χ1v) is 15.6. The van der Waals surface area contributed by atoms with Crippen molar-refractivity contribution in [2.24, 2.45) is 23.2 Å². The lowest BCUT2D eigenvalue weighted by Crippen LogP contribution is -2.47. The van der Waals surface area contributed by atoms with Gasteiger partial charge in [-0.05, 0) is 77.7 Å². The van der Waals surface area contributed by atoms with Gasteiger partial charge in [0.15, 0.2) is 0 Å². The molecule has 8 nitrogen and oxygen atoms in total. The number of carboxylic acids is 1. The van der Waals surface area contributed by atoms with E-state index in [1.165, 1.54) is 0 Å². The van der Waals surface area contributed by atoms with Crippen molar-refractivity contribution in [3.05, 3.63) is 15.8 Å². The maximum atomic E-state index is 14.1. The van der Waals surface area contributed by atoms with Crippen LogP contribution >= 0.6 is 11.3 Å². The Morgan fingerprint density at radius 3 is 2.58 bits per heavy atom. The van der Waals surface area contributed by atoms with Gasteiger partial charge in [-0.2, -0.15) is 0 Å². The Bertz CT molecular complexity index is 1180. The number of rotatable bonds is 5. The highest BCUT2D eigenvalue weighted by atomic mass is 32.1. The zero-order valence-electron chi connectivity index (χ0n) is 24.1. The SMILES string of the molecule is CC1CCC(C(=O)N(c2cc(C#CC(C)(C)C)sc2C(=O)O)[C@H]2CCN(C(=O)O[C@H]3CO[C@H]4CCC[C@H]43)C2)CC1. The number of thiophene rings is 1. The predicted molar refractivity (Wildman–Crippen MR) is 154 cm³/mol. The van der Waals surface area contributed by atoms with Crippen LogP contribution in [0.5, 0.6) is 0 Å². The van der Waals surface area contributed by atoms with Gasteiger partial charge in [-0.1, -0.05) is 25.2 Å². The van der Waals surface area contributed by atoms with Gasteiger partial charge in [-0.15, -0.1) is 11.3 Å². The van der Waals surface area contributed by atoms with Gasteiger partial charge in [-0.25, -0.2) is 9.59 Å². The summed E-state index contributed by atoms with van der Waals surface area (Å²) in [5, 5.41) is 10.1. The van der Waals surface area contributed by atoms with Gasteiger partial charge in [-0.3, -0.25) is 4.79 Å². The molecule has 0 bridgehead atoms. The predicted octanol–water partition coefficient (Wildman–Crippen LogP) is 5.78. The summed E-state index contributed by atoms with van der Waals surface area (Å²) in [6, 6.07) is 1.43. The number of hydrogen-bond donors (Lipinski definition) is 1. The normalized spacial score (nSPS) is 29.9. The third kappa shape index (κ3) is 6.33. The fourth-order valence-corrected chi connectivity index (χ4v) is 7.44. The molecule has 4 atom stereocenters. The van der Waals surface area contributed by atoms with E-state index in [0.29, 0.717) is 42.6 Å².